The summed E-state index contributed by atoms with van der Waals surface area (Å²) in [5.41, 5.74) is 2.27. The number of hydrogen-bond donors (Lipinski definition) is 1. The van der Waals surface area contributed by atoms with Crippen molar-refractivity contribution in [3.8, 4) is 0 Å². The number of carbonyl (C=O) groups excluding carboxylic acids is 1. The van der Waals surface area contributed by atoms with Gasteiger partial charge in [0.15, 0.2) is 0 Å². The van der Waals surface area contributed by atoms with E-state index < -0.39 is 0 Å². The maximum absolute atomic E-state index is 12.5. The zero-order valence-electron chi connectivity index (χ0n) is 11.7. The second kappa shape index (κ2) is 5.00. The number of rotatable bonds is 3. The van der Waals surface area contributed by atoms with Gasteiger partial charge in [0.25, 0.3) is 0 Å². The minimum Gasteiger partial charge on any atom is -0.373 e. The van der Waals surface area contributed by atoms with Gasteiger partial charge in [0.2, 0.25) is 5.91 Å². The smallest absolute Gasteiger partial charge is 0.245 e. The van der Waals surface area contributed by atoms with Gasteiger partial charge in [-0.15, -0.1) is 0 Å². The third-order valence-corrected chi connectivity index (χ3v) is 3.75. The Kier molecular flexibility index (Phi) is 3.18. The fourth-order valence-electron chi connectivity index (χ4n) is 2.55. The summed E-state index contributed by atoms with van der Waals surface area (Å²) in [4.78, 5) is 18.5. The van der Waals surface area contributed by atoms with E-state index in [0.29, 0.717) is 6.54 Å². The molecule has 3 rings (SSSR count). The number of anilines is 1. The zero-order valence-corrected chi connectivity index (χ0v) is 11.7. The zero-order chi connectivity index (χ0) is 14.1. The maximum Gasteiger partial charge on any atom is 0.245 e. The van der Waals surface area contributed by atoms with Gasteiger partial charge in [0, 0.05) is 38.6 Å². The minimum atomic E-state index is -0.169. The van der Waals surface area contributed by atoms with Crippen molar-refractivity contribution in [1.29, 1.82) is 0 Å². The number of aryl methyl sites for hydroxylation is 1. The molecule has 104 valence electrons. The SMILES string of the molecule is CN(Cc1nccn1C)C(=O)C1Cc2ccccc2N1. The molecule has 2 aromatic rings. The highest BCUT2D eigenvalue weighted by atomic mass is 16.2. The first-order chi connectivity index (χ1) is 9.65. The van der Waals surface area contributed by atoms with E-state index in [-0.39, 0.29) is 11.9 Å². The van der Waals surface area contributed by atoms with Crippen LogP contribution >= 0.6 is 0 Å². The molecule has 5 heteroatoms. The molecule has 1 unspecified atom stereocenters. The number of para-hydroxylation sites is 1. The average molecular weight is 270 g/mol. The van der Waals surface area contributed by atoms with Crippen LogP contribution in [0.25, 0.3) is 0 Å². The number of carbonyl (C=O) groups is 1. The standard InChI is InChI=1S/C15H18N4O/c1-18-8-7-16-14(18)10-19(2)15(20)13-9-11-5-3-4-6-12(11)17-13/h3-8,13,17H,9-10H2,1-2H3. The summed E-state index contributed by atoms with van der Waals surface area (Å²) in [6, 6.07) is 7.90. The normalized spacial score (nSPS) is 16.6. The summed E-state index contributed by atoms with van der Waals surface area (Å²) in [6.45, 7) is 0.525. The number of nitrogens with zero attached hydrogens (tertiary/aromatic N) is 3. The molecule has 1 aliphatic heterocycles. The average Bonchev–Trinajstić information content (AvgIpc) is 3.04. The van der Waals surface area contributed by atoms with Crippen LogP contribution in [-0.2, 0) is 24.8 Å². The van der Waals surface area contributed by atoms with Crippen LogP contribution in [-0.4, -0.2) is 33.4 Å². The largest absolute Gasteiger partial charge is 0.373 e. The van der Waals surface area contributed by atoms with E-state index in [4.69, 9.17) is 0 Å². The lowest BCUT2D eigenvalue weighted by Gasteiger charge is -2.21. The molecule has 5 nitrogen and oxygen atoms in total. The highest BCUT2D eigenvalue weighted by Crippen LogP contribution is 2.26. The summed E-state index contributed by atoms with van der Waals surface area (Å²) < 4.78 is 1.93. The Balaban J connectivity index is 1.67. The molecule has 1 aliphatic rings. The van der Waals surface area contributed by atoms with E-state index in [1.807, 2.05) is 43.1 Å². The summed E-state index contributed by atoms with van der Waals surface area (Å²) in [5.74, 6) is 0.987. The van der Waals surface area contributed by atoms with Gasteiger partial charge in [-0.05, 0) is 11.6 Å². The van der Waals surface area contributed by atoms with Crippen LogP contribution in [0.2, 0.25) is 0 Å². The molecule has 1 aromatic heterocycles. The first-order valence-electron chi connectivity index (χ1n) is 6.71. The third kappa shape index (κ3) is 2.27. The van der Waals surface area contributed by atoms with Gasteiger partial charge in [-0.25, -0.2) is 4.98 Å². The number of aromatic nitrogens is 2. The predicted molar refractivity (Wildman–Crippen MR) is 77.2 cm³/mol. The number of nitrogens with one attached hydrogen (secondary N) is 1. The minimum absolute atomic E-state index is 0.101. The van der Waals surface area contributed by atoms with E-state index in [1.54, 1.807) is 11.1 Å². The topological polar surface area (TPSA) is 50.2 Å². The van der Waals surface area contributed by atoms with Crippen molar-refractivity contribution >= 4 is 11.6 Å². The predicted octanol–water partition coefficient (Wildman–Crippen LogP) is 1.42. The quantitative estimate of drug-likeness (QED) is 0.917. The lowest BCUT2D eigenvalue weighted by molar-refractivity contribution is -0.131. The van der Waals surface area contributed by atoms with Gasteiger partial charge >= 0.3 is 0 Å². The highest BCUT2D eigenvalue weighted by molar-refractivity contribution is 5.87. The Bertz CT molecular complexity index is 609. The summed E-state index contributed by atoms with van der Waals surface area (Å²) >= 11 is 0. The number of fused-ring (bicyclic) bond motifs is 1. The summed E-state index contributed by atoms with van der Waals surface area (Å²) in [6.07, 6.45) is 4.38. The molecule has 0 fully saturated rings. The molecule has 20 heavy (non-hydrogen) atoms. The van der Waals surface area contributed by atoms with Gasteiger partial charge in [-0.1, -0.05) is 18.2 Å². The van der Waals surface area contributed by atoms with E-state index in [1.165, 1.54) is 5.56 Å². The van der Waals surface area contributed by atoms with Gasteiger partial charge in [0.05, 0.1) is 6.54 Å². The van der Waals surface area contributed by atoms with E-state index in [9.17, 15) is 4.79 Å². The molecule has 0 radical (unpaired) electrons. The number of hydrogen-bond acceptors (Lipinski definition) is 3. The van der Waals surface area contributed by atoms with E-state index >= 15 is 0 Å². The van der Waals surface area contributed by atoms with Gasteiger partial charge in [-0.3, -0.25) is 4.79 Å². The van der Waals surface area contributed by atoms with Crippen molar-refractivity contribution in [3.05, 3.63) is 48.0 Å². The molecule has 0 aliphatic carbocycles. The molecule has 1 atom stereocenters. The van der Waals surface area contributed by atoms with Crippen LogP contribution in [0.15, 0.2) is 36.7 Å². The van der Waals surface area contributed by atoms with Crippen molar-refractivity contribution in [3.63, 3.8) is 0 Å². The van der Waals surface area contributed by atoms with Crippen LogP contribution in [0, 0.1) is 0 Å². The number of imidazole rings is 1. The summed E-state index contributed by atoms with van der Waals surface area (Å²) in [7, 11) is 3.76. The summed E-state index contributed by atoms with van der Waals surface area (Å²) in [5, 5.41) is 3.29. The molecular formula is C15H18N4O. The molecule has 0 saturated carbocycles. The number of likely N-dealkylation sites (N-methyl/N-ethyl adjacent to an activating group) is 1. The molecular weight excluding hydrogens is 252 g/mol. The Morgan fingerprint density at radius 1 is 1.50 bits per heavy atom. The van der Waals surface area contributed by atoms with Crippen LogP contribution < -0.4 is 5.32 Å². The molecule has 0 bridgehead atoms. The molecule has 2 heterocycles. The molecule has 0 saturated heterocycles. The van der Waals surface area contributed by atoms with E-state index in [2.05, 4.69) is 16.4 Å². The molecule has 0 spiro atoms. The van der Waals surface area contributed by atoms with Gasteiger partial charge in [-0.2, -0.15) is 0 Å². The first kappa shape index (κ1) is 12.7. The first-order valence-corrected chi connectivity index (χ1v) is 6.71. The Labute approximate surface area is 118 Å². The van der Waals surface area contributed by atoms with E-state index in [0.717, 1.165) is 17.9 Å². The van der Waals surface area contributed by atoms with Gasteiger partial charge < -0.3 is 14.8 Å². The molecule has 1 N–H and O–H groups in total. The Morgan fingerprint density at radius 3 is 3.00 bits per heavy atom. The Hall–Kier alpha value is -2.30. The van der Waals surface area contributed by atoms with Crippen LogP contribution in [0.5, 0.6) is 0 Å². The second-order valence-electron chi connectivity index (χ2n) is 5.21. The molecule has 1 amide bonds. The van der Waals surface area contributed by atoms with Crippen molar-refractivity contribution in [2.75, 3.05) is 12.4 Å². The van der Waals surface area contributed by atoms with Crippen LogP contribution in [0.4, 0.5) is 5.69 Å². The lowest BCUT2D eigenvalue weighted by Crippen LogP contribution is -2.39. The highest BCUT2D eigenvalue weighted by Gasteiger charge is 2.28. The lowest BCUT2D eigenvalue weighted by atomic mass is 10.1. The fraction of sp³-hybridized carbons (Fsp3) is 0.333. The maximum atomic E-state index is 12.5. The van der Waals surface area contributed by atoms with Crippen molar-refractivity contribution in [2.24, 2.45) is 7.05 Å². The fourth-order valence-corrected chi connectivity index (χ4v) is 2.55. The van der Waals surface area contributed by atoms with Crippen LogP contribution in [0.1, 0.15) is 11.4 Å². The molecule has 1 aromatic carbocycles. The van der Waals surface area contributed by atoms with Crippen molar-refractivity contribution in [2.45, 2.75) is 19.0 Å². The monoisotopic (exact) mass is 270 g/mol. The Morgan fingerprint density at radius 2 is 2.30 bits per heavy atom. The second-order valence-corrected chi connectivity index (χ2v) is 5.21. The number of amides is 1. The number of benzene rings is 1. The van der Waals surface area contributed by atoms with Crippen molar-refractivity contribution < 1.29 is 4.79 Å². The third-order valence-electron chi connectivity index (χ3n) is 3.75. The van der Waals surface area contributed by atoms with Crippen molar-refractivity contribution in [1.82, 2.24) is 14.5 Å². The van der Waals surface area contributed by atoms with Gasteiger partial charge in [0.1, 0.15) is 11.9 Å². The van der Waals surface area contributed by atoms with Crippen LogP contribution in [0.3, 0.4) is 0 Å².